The molecule has 0 radical (unpaired) electrons. The van der Waals surface area contributed by atoms with E-state index in [9.17, 15) is 17.2 Å². The van der Waals surface area contributed by atoms with Crippen LogP contribution in [0.15, 0.2) is 89.0 Å². The first kappa shape index (κ1) is 19.8. The molecule has 0 aliphatic rings. The average molecular weight is 425 g/mol. The highest BCUT2D eigenvalue weighted by Gasteiger charge is 2.27. The molecule has 1 aromatic heterocycles. The third-order valence-corrected chi connectivity index (χ3v) is 6.23. The number of anilines is 2. The second-order valence-electron chi connectivity index (χ2n) is 6.69. The minimum absolute atomic E-state index is 0.0969. The van der Waals surface area contributed by atoms with Gasteiger partial charge in [-0.1, -0.05) is 17.7 Å². The maximum Gasteiger partial charge on any atom is 0.227 e. The van der Waals surface area contributed by atoms with Crippen LogP contribution in [0.3, 0.4) is 0 Å². The van der Waals surface area contributed by atoms with Crippen molar-refractivity contribution in [3.05, 3.63) is 96.3 Å². The van der Waals surface area contributed by atoms with Gasteiger partial charge >= 0.3 is 0 Å². The van der Waals surface area contributed by atoms with Crippen molar-refractivity contribution in [2.45, 2.75) is 16.8 Å². The molecule has 0 aliphatic heterocycles. The molecule has 3 aromatic carbocycles. The summed E-state index contributed by atoms with van der Waals surface area (Å²) in [5, 5.41) is 2.82. The Morgan fingerprint density at radius 2 is 1.40 bits per heavy atom. The molecule has 5 nitrogen and oxygen atoms in total. The molecule has 8 heteroatoms. The number of aryl methyl sites for hydroxylation is 1. The minimum atomic E-state index is -3.95. The van der Waals surface area contributed by atoms with E-state index in [1.807, 2.05) is 6.92 Å². The van der Waals surface area contributed by atoms with Crippen LogP contribution in [-0.2, 0) is 9.84 Å². The number of aromatic nitrogens is 2. The Labute approximate surface area is 172 Å². The summed E-state index contributed by atoms with van der Waals surface area (Å²) in [5.41, 5.74) is 1.91. The fourth-order valence-corrected chi connectivity index (χ4v) is 4.25. The van der Waals surface area contributed by atoms with Crippen LogP contribution in [0.4, 0.5) is 20.3 Å². The summed E-state index contributed by atoms with van der Waals surface area (Å²) in [6.45, 7) is 1.86. The molecule has 0 saturated heterocycles. The first-order valence-electron chi connectivity index (χ1n) is 9.02. The number of nitrogens with one attached hydrogen (secondary N) is 1. The minimum Gasteiger partial charge on any atom is -0.339 e. The van der Waals surface area contributed by atoms with Crippen LogP contribution in [0.5, 0.6) is 0 Å². The summed E-state index contributed by atoms with van der Waals surface area (Å²) in [6.07, 6.45) is 1.35. The lowest BCUT2D eigenvalue weighted by Gasteiger charge is -2.13. The molecule has 0 unspecified atom stereocenters. The average Bonchev–Trinajstić information content (AvgIpc) is 3.15. The summed E-state index contributed by atoms with van der Waals surface area (Å²) in [4.78, 5) is 4.24. The number of hydrogen-bond donors (Lipinski definition) is 1. The Balaban J connectivity index is 1.86. The zero-order valence-electron chi connectivity index (χ0n) is 15.9. The SMILES string of the molecule is Cc1ccc(S(=O)(=O)c2ncn(-c3ccc(F)cc3)c2Nc2ccc(F)cc2)cc1. The Hall–Kier alpha value is -3.52. The molecule has 0 bridgehead atoms. The van der Waals surface area contributed by atoms with Gasteiger partial charge in [-0.05, 0) is 67.6 Å². The van der Waals surface area contributed by atoms with Crippen molar-refractivity contribution in [2.75, 3.05) is 5.32 Å². The number of rotatable bonds is 5. The van der Waals surface area contributed by atoms with Gasteiger partial charge in [0.1, 0.15) is 18.0 Å². The van der Waals surface area contributed by atoms with Gasteiger partial charge in [0.25, 0.3) is 0 Å². The summed E-state index contributed by atoms with van der Waals surface area (Å²) in [5.74, 6) is -0.673. The largest absolute Gasteiger partial charge is 0.339 e. The standard InChI is InChI=1S/C22H17F2N3O2S/c1-15-2-12-20(13-3-15)30(28,29)22-21(26-18-8-4-16(23)5-9-18)27(14-25-22)19-10-6-17(24)7-11-19/h2-14,26H,1H3. The van der Waals surface area contributed by atoms with E-state index in [2.05, 4.69) is 10.3 Å². The summed E-state index contributed by atoms with van der Waals surface area (Å²) in [7, 11) is -3.95. The van der Waals surface area contributed by atoms with Crippen molar-refractivity contribution < 1.29 is 17.2 Å². The summed E-state index contributed by atoms with van der Waals surface area (Å²) >= 11 is 0. The lowest BCUT2D eigenvalue weighted by molar-refractivity contribution is 0.593. The van der Waals surface area contributed by atoms with Gasteiger partial charge in [0, 0.05) is 11.4 Å². The van der Waals surface area contributed by atoms with Crippen LogP contribution < -0.4 is 5.32 Å². The fourth-order valence-electron chi connectivity index (χ4n) is 2.94. The first-order valence-corrected chi connectivity index (χ1v) is 10.5. The molecule has 4 aromatic rings. The van der Waals surface area contributed by atoms with Gasteiger partial charge in [0.05, 0.1) is 4.90 Å². The number of halogens is 2. The molecule has 152 valence electrons. The van der Waals surface area contributed by atoms with E-state index in [-0.39, 0.29) is 15.7 Å². The quantitative estimate of drug-likeness (QED) is 0.487. The van der Waals surface area contributed by atoms with Crippen molar-refractivity contribution in [3.8, 4) is 5.69 Å². The van der Waals surface area contributed by atoms with Gasteiger partial charge in [-0.25, -0.2) is 22.2 Å². The maximum atomic E-state index is 13.4. The third kappa shape index (κ3) is 3.81. The summed E-state index contributed by atoms with van der Waals surface area (Å²) < 4.78 is 54.7. The molecular weight excluding hydrogens is 408 g/mol. The highest BCUT2D eigenvalue weighted by molar-refractivity contribution is 7.91. The van der Waals surface area contributed by atoms with Crippen LogP contribution in [0, 0.1) is 18.6 Å². The molecule has 0 saturated carbocycles. The second-order valence-corrected chi connectivity index (χ2v) is 8.56. The van der Waals surface area contributed by atoms with Crippen molar-refractivity contribution >= 4 is 21.3 Å². The Morgan fingerprint density at radius 1 is 0.833 bits per heavy atom. The predicted molar refractivity (Wildman–Crippen MR) is 110 cm³/mol. The van der Waals surface area contributed by atoms with Gasteiger partial charge in [0.15, 0.2) is 5.82 Å². The molecule has 4 rings (SSSR count). The van der Waals surface area contributed by atoms with Crippen LogP contribution in [0.1, 0.15) is 5.56 Å². The van der Waals surface area contributed by atoms with Crippen molar-refractivity contribution in [1.82, 2.24) is 9.55 Å². The van der Waals surface area contributed by atoms with Gasteiger partial charge in [0.2, 0.25) is 14.9 Å². The van der Waals surface area contributed by atoms with E-state index in [1.54, 1.807) is 12.1 Å². The van der Waals surface area contributed by atoms with E-state index in [1.165, 1.54) is 71.6 Å². The third-order valence-electron chi connectivity index (χ3n) is 4.53. The zero-order valence-corrected chi connectivity index (χ0v) is 16.7. The van der Waals surface area contributed by atoms with E-state index in [4.69, 9.17) is 0 Å². The Kier molecular flexibility index (Phi) is 5.09. The Morgan fingerprint density at radius 3 is 2.00 bits per heavy atom. The molecule has 0 amide bonds. The van der Waals surface area contributed by atoms with Gasteiger partial charge in [-0.2, -0.15) is 0 Å². The van der Waals surface area contributed by atoms with Crippen molar-refractivity contribution in [2.24, 2.45) is 0 Å². The van der Waals surface area contributed by atoms with E-state index >= 15 is 0 Å². The van der Waals surface area contributed by atoms with Crippen molar-refractivity contribution in [1.29, 1.82) is 0 Å². The van der Waals surface area contributed by atoms with Crippen LogP contribution in [-0.4, -0.2) is 18.0 Å². The zero-order chi connectivity index (χ0) is 21.3. The van der Waals surface area contributed by atoms with E-state index < -0.39 is 21.5 Å². The smallest absolute Gasteiger partial charge is 0.227 e. The van der Waals surface area contributed by atoms with Gasteiger partial charge < -0.3 is 5.32 Å². The predicted octanol–water partition coefficient (Wildman–Crippen LogP) is 5.04. The van der Waals surface area contributed by atoms with E-state index in [0.717, 1.165) is 5.56 Å². The Bertz CT molecular complexity index is 1280. The lowest BCUT2D eigenvalue weighted by atomic mass is 10.2. The fraction of sp³-hybridized carbons (Fsp3) is 0.0455. The molecule has 0 aliphatic carbocycles. The molecule has 0 fully saturated rings. The number of imidazole rings is 1. The monoisotopic (exact) mass is 425 g/mol. The lowest BCUT2D eigenvalue weighted by Crippen LogP contribution is -2.08. The number of nitrogens with zero attached hydrogens (tertiary/aromatic N) is 2. The molecule has 1 N–H and O–H groups in total. The number of hydrogen-bond acceptors (Lipinski definition) is 4. The van der Waals surface area contributed by atoms with Crippen LogP contribution in [0.2, 0.25) is 0 Å². The summed E-state index contributed by atoms with van der Waals surface area (Å²) in [6, 6.07) is 17.5. The number of benzene rings is 3. The second kappa shape index (κ2) is 7.72. The molecular formula is C22H17F2N3O2S. The highest BCUT2D eigenvalue weighted by atomic mass is 32.2. The van der Waals surface area contributed by atoms with Gasteiger partial charge in [-0.3, -0.25) is 4.57 Å². The molecule has 0 atom stereocenters. The van der Waals surface area contributed by atoms with Crippen molar-refractivity contribution in [3.63, 3.8) is 0 Å². The van der Waals surface area contributed by atoms with E-state index in [0.29, 0.717) is 11.4 Å². The normalized spacial score (nSPS) is 11.4. The van der Waals surface area contributed by atoms with Crippen LogP contribution in [0.25, 0.3) is 5.69 Å². The van der Waals surface area contributed by atoms with Gasteiger partial charge in [-0.15, -0.1) is 0 Å². The molecule has 30 heavy (non-hydrogen) atoms. The molecule has 1 heterocycles. The van der Waals surface area contributed by atoms with Crippen LogP contribution >= 0.6 is 0 Å². The molecule has 0 spiro atoms. The first-order chi connectivity index (χ1) is 14.3. The maximum absolute atomic E-state index is 13.4. The highest BCUT2D eigenvalue weighted by Crippen LogP contribution is 2.31. The number of sulfone groups is 1. The topological polar surface area (TPSA) is 64.0 Å².